The van der Waals surface area contributed by atoms with Crippen molar-refractivity contribution in [1.82, 2.24) is 24.5 Å². The van der Waals surface area contributed by atoms with E-state index in [2.05, 4.69) is 33.7 Å². The Bertz CT molecular complexity index is 2080. The Morgan fingerprint density at radius 2 is 1.87 bits per heavy atom. The van der Waals surface area contributed by atoms with E-state index >= 15 is 0 Å². The van der Waals surface area contributed by atoms with Crippen LogP contribution in [0.3, 0.4) is 0 Å². The van der Waals surface area contributed by atoms with Gasteiger partial charge in [-0.05, 0) is 73.2 Å². The van der Waals surface area contributed by atoms with Crippen LogP contribution in [-0.4, -0.2) is 51.4 Å². The lowest BCUT2D eigenvalue weighted by atomic mass is 9.66. The van der Waals surface area contributed by atoms with Gasteiger partial charge in [-0.15, -0.1) is 5.10 Å². The maximum Gasteiger partial charge on any atom is 0.271 e. The lowest BCUT2D eigenvalue weighted by Crippen LogP contribution is -2.36. The number of primary amides is 1. The van der Waals surface area contributed by atoms with Gasteiger partial charge in [-0.1, -0.05) is 67.5 Å². The third-order valence-electron chi connectivity index (χ3n) is 9.49. The molecular weight excluding hydrogens is 616 g/mol. The van der Waals surface area contributed by atoms with E-state index in [0.717, 1.165) is 38.9 Å². The number of sulfonamides is 1. The molecule has 0 bridgehead atoms. The molecule has 11 nitrogen and oxygen atoms in total. The monoisotopic (exact) mass is 656 g/mol. The van der Waals surface area contributed by atoms with Gasteiger partial charge in [0.25, 0.3) is 5.91 Å². The second-order valence-corrected chi connectivity index (χ2v) is 14.6. The first-order valence-corrected chi connectivity index (χ1v) is 17.2. The van der Waals surface area contributed by atoms with Gasteiger partial charge < -0.3 is 15.0 Å². The van der Waals surface area contributed by atoms with E-state index in [1.54, 1.807) is 24.3 Å². The molecule has 1 amide bonds. The van der Waals surface area contributed by atoms with Crippen molar-refractivity contribution in [3.63, 3.8) is 0 Å². The lowest BCUT2D eigenvalue weighted by Gasteiger charge is -2.36. The Morgan fingerprint density at radius 1 is 1.11 bits per heavy atom. The number of hydrogen-bond donors (Lipinski definition) is 1. The number of hydrogen-bond acceptors (Lipinski definition) is 8. The zero-order chi connectivity index (χ0) is 33.7. The quantitative estimate of drug-likeness (QED) is 0.215. The molecule has 1 aliphatic rings. The second-order valence-electron chi connectivity index (χ2n) is 12.7. The molecule has 2 aromatic heterocycles. The first-order valence-electron chi connectivity index (χ1n) is 15.8. The SMILES string of the molecule is CC[C@@H]1CN(Cc2cc([C@H](c3ccc4c(nnn4CC)c3C)C(C)(C)c3conc3C(N)=O)ccc2C)S(=O)(=O)c2ccccc2O1. The van der Waals surface area contributed by atoms with Crippen LogP contribution in [0.1, 0.15) is 83.9 Å². The van der Waals surface area contributed by atoms with E-state index in [9.17, 15) is 13.2 Å². The molecule has 0 fully saturated rings. The minimum absolute atomic E-state index is 0.0722. The van der Waals surface area contributed by atoms with Gasteiger partial charge in [0.2, 0.25) is 10.0 Å². The zero-order valence-electron chi connectivity index (χ0n) is 27.5. The van der Waals surface area contributed by atoms with Gasteiger partial charge >= 0.3 is 0 Å². The van der Waals surface area contributed by atoms with Gasteiger partial charge in [-0.2, -0.15) is 4.31 Å². The fraction of sp³-hybridized carbons (Fsp3) is 0.371. The molecule has 0 aliphatic carbocycles. The highest BCUT2D eigenvalue weighted by molar-refractivity contribution is 7.89. The molecule has 0 saturated heterocycles. The van der Waals surface area contributed by atoms with Crippen LogP contribution in [0, 0.1) is 13.8 Å². The summed E-state index contributed by atoms with van der Waals surface area (Å²) in [5, 5.41) is 12.8. The standard InChI is InChI=1S/C35H40N6O5S/c1-7-25-19-40(47(43,44)30-12-10-9-11-29(30)46-25)18-24-17-23(14-13-21(24)3)31(35(5,6)27-20-45-38-33(27)34(36)42)26-15-16-28-32(22(26)4)37-39-41(28)8-2/h9-17,20,25,31H,7-8,18-19H2,1-6H3,(H2,36,42)/t25-,31-/m1/s1. The number of ether oxygens (including phenoxy) is 1. The summed E-state index contributed by atoms with van der Waals surface area (Å²) < 4.78 is 42.9. The van der Waals surface area contributed by atoms with Crippen LogP contribution >= 0.6 is 0 Å². The highest BCUT2D eigenvalue weighted by Crippen LogP contribution is 2.46. The molecule has 3 aromatic carbocycles. The molecule has 3 heterocycles. The number of nitrogens with zero attached hydrogens (tertiary/aromatic N) is 5. The summed E-state index contributed by atoms with van der Waals surface area (Å²) in [6.45, 7) is 13.1. The molecule has 246 valence electrons. The molecule has 5 aromatic rings. The molecule has 2 atom stereocenters. The number of carbonyl (C=O) groups is 1. The van der Waals surface area contributed by atoms with Gasteiger partial charge in [0.05, 0.1) is 12.1 Å². The smallest absolute Gasteiger partial charge is 0.271 e. The maximum absolute atomic E-state index is 14.0. The van der Waals surface area contributed by atoms with Crippen molar-refractivity contribution in [2.45, 2.75) is 83.4 Å². The molecule has 1 aliphatic heterocycles. The number of nitrogens with two attached hydrogens (primary N) is 1. The summed E-state index contributed by atoms with van der Waals surface area (Å²) in [5.74, 6) is -0.648. The van der Waals surface area contributed by atoms with Gasteiger partial charge in [-0.25, -0.2) is 13.1 Å². The highest BCUT2D eigenvalue weighted by atomic mass is 32.2. The average molecular weight is 657 g/mol. The Hall–Kier alpha value is -4.55. The predicted molar refractivity (Wildman–Crippen MR) is 178 cm³/mol. The van der Waals surface area contributed by atoms with Crippen LogP contribution in [0.5, 0.6) is 5.75 Å². The van der Waals surface area contributed by atoms with Crippen molar-refractivity contribution in [3.05, 3.63) is 99.9 Å². The van der Waals surface area contributed by atoms with Crippen molar-refractivity contribution >= 4 is 27.0 Å². The number of aryl methyl sites for hydroxylation is 3. The summed E-state index contributed by atoms with van der Waals surface area (Å²) in [4.78, 5) is 12.6. The molecular formula is C35H40N6O5S. The van der Waals surface area contributed by atoms with Crippen LogP contribution in [-0.2, 0) is 28.5 Å². The number of para-hydroxylation sites is 1. The summed E-state index contributed by atoms with van der Waals surface area (Å²) in [6, 6.07) is 17.0. The highest BCUT2D eigenvalue weighted by Gasteiger charge is 2.40. The van der Waals surface area contributed by atoms with Gasteiger partial charge in [0.15, 0.2) is 5.69 Å². The first-order chi connectivity index (χ1) is 22.4. The van der Waals surface area contributed by atoms with Crippen molar-refractivity contribution in [2.75, 3.05) is 6.54 Å². The summed E-state index contributed by atoms with van der Waals surface area (Å²) >= 11 is 0. The summed E-state index contributed by atoms with van der Waals surface area (Å²) in [7, 11) is -3.85. The van der Waals surface area contributed by atoms with Crippen molar-refractivity contribution < 1.29 is 22.5 Å². The lowest BCUT2D eigenvalue weighted by molar-refractivity contribution is 0.0989. The molecule has 47 heavy (non-hydrogen) atoms. The number of amides is 1. The molecule has 0 saturated carbocycles. The molecule has 0 radical (unpaired) electrons. The molecule has 2 N–H and O–H groups in total. The third kappa shape index (κ3) is 5.59. The van der Waals surface area contributed by atoms with Crippen molar-refractivity contribution in [3.8, 4) is 5.75 Å². The average Bonchev–Trinajstić information content (AvgIpc) is 3.70. The Morgan fingerprint density at radius 3 is 2.60 bits per heavy atom. The molecule has 6 rings (SSSR count). The number of aromatic nitrogens is 4. The number of carbonyl (C=O) groups excluding carboxylic acids is 1. The number of fused-ring (bicyclic) bond motifs is 2. The normalized spacial score (nSPS) is 17.2. The van der Waals surface area contributed by atoms with Crippen molar-refractivity contribution in [1.29, 1.82) is 0 Å². The number of rotatable bonds is 9. The van der Waals surface area contributed by atoms with E-state index in [-0.39, 0.29) is 35.7 Å². The number of benzene rings is 3. The van der Waals surface area contributed by atoms with E-state index in [0.29, 0.717) is 24.3 Å². The fourth-order valence-electron chi connectivity index (χ4n) is 6.78. The minimum atomic E-state index is -3.85. The van der Waals surface area contributed by atoms with E-state index in [1.165, 1.54) is 10.6 Å². The fourth-order valence-corrected chi connectivity index (χ4v) is 8.35. The zero-order valence-corrected chi connectivity index (χ0v) is 28.3. The van der Waals surface area contributed by atoms with Gasteiger partial charge in [-0.3, -0.25) is 4.79 Å². The molecule has 0 unspecified atom stereocenters. The van der Waals surface area contributed by atoms with E-state index < -0.39 is 21.3 Å². The predicted octanol–water partition coefficient (Wildman–Crippen LogP) is 5.63. The first kappa shape index (κ1) is 32.4. The second kappa shape index (κ2) is 12.2. The molecule has 0 spiro atoms. The van der Waals surface area contributed by atoms with Gasteiger partial charge in [0, 0.05) is 30.0 Å². The minimum Gasteiger partial charge on any atom is -0.488 e. The Labute approximate surface area is 274 Å². The van der Waals surface area contributed by atoms with Crippen LogP contribution in [0.25, 0.3) is 11.0 Å². The van der Waals surface area contributed by atoms with E-state index in [1.807, 2.05) is 58.4 Å². The third-order valence-corrected chi connectivity index (χ3v) is 11.3. The van der Waals surface area contributed by atoms with Crippen LogP contribution in [0.15, 0.2) is 70.3 Å². The van der Waals surface area contributed by atoms with Crippen LogP contribution in [0.2, 0.25) is 0 Å². The summed E-state index contributed by atoms with van der Waals surface area (Å²) in [5.41, 5.74) is 12.0. The van der Waals surface area contributed by atoms with Crippen LogP contribution < -0.4 is 10.5 Å². The maximum atomic E-state index is 14.0. The van der Waals surface area contributed by atoms with Gasteiger partial charge in [0.1, 0.15) is 28.5 Å². The van der Waals surface area contributed by atoms with Crippen molar-refractivity contribution in [2.24, 2.45) is 5.73 Å². The summed E-state index contributed by atoms with van der Waals surface area (Å²) in [6.07, 6.45) is 1.84. The molecule has 12 heteroatoms. The Balaban J connectivity index is 1.51. The largest absolute Gasteiger partial charge is 0.488 e. The Kier molecular flexibility index (Phi) is 8.43. The topological polar surface area (TPSA) is 146 Å². The van der Waals surface area contributed by atoms with Crippen LogP contribution in [0.4, 0.5) is 0 Å². The van der Waals surface area contributed by atoms with E-state index in [4.69, 9.17) is 15.0 Å².